The first-order valence-electron chi connectivity index (χ1n) is 17.4. The molecule has 0 saturated carbocycles. The van der Waals surface area contributed by atoms with Crippen LogP contribution in [0.15, 0.2) is 176 Å². The van der Waals surface area contributed by atoms with Gasteiger partial charge in [0.25, 0.3) is 0 Å². The van der Waals surface area contributed by atoms with Gasteiger partial charge in [0.05, 0.1) is 22.4 Å². The summed E-state index contributed by atoms with van der Waals surface area (Å²) in [5.41, 5.74) is 15.8. The van der Waals surface area contributed by atoms with E-state index in [0.29, 0.717) is 5.82 Å². The van der Waals surface area contributed by atoms with Crippen LogP contribution in [0.25, 0.3) is 83.6 Å². The fourth-order valence-electron chi connectivity index (χ4n) is 7.39. The van der Waals surface area contributed by atoms with Crippen LogP contribution in [0.4, 0.5) is 0 Å². The normalized spacial score (nSPS) is 11.3. The molecule has 51 heavy (non-hydrogen) atoms. The smallest absolute Gasteiger partial charge is 0.160 e. The van der Waals surface area contributed by atoms with E-state index in [2.05, 4.69) is 182 Å². The van der Waals surface area contributed by atoms with Gasteiger partial charge in [-0.2, -0.15) is 0 Å². The van der Waals surface area contributed by atoms with Gasteiger partial charge >= 0.3 is 0 Å². The van der Waals surface area contributed by atoms with Crippen molar-refractivity contribution in [3.63, 3.8) is 0 Å². The maximum atomic E-state index is 5.16. The number of para-hydroxylation sites is 1. The minimum atomic E-state index is 0.703. The third-order valence-corrected chi connectivity index (χ3v) is 9.90. The Hall–Kier alpha value is -6.58. The predicted molar refractivity (Wildman–Crippen MR) is 213 cm³/mol. The third-order valence-electron chi connectivity index (χ3n) is 9.90. The number of hydrogen-bond acceptors (Lipinski definition) is 2. The zero-order chi connectivity index (χ0) is 34.3. The van der Waals surface area contributed by atoms with Crippen molar-refractivity contribution in [1.82, 2.24) is 14.5 Å². The lowest BCUT2D eigenvalue weighted by molar-refractivity contribution is 1.17. The van der Waals surface area contributed by atoms with Gasteiger partial charge in [0.15, 0.2) is 5.82 Å². The number of aryl methyl sites for hydroxylation is 2. The molecule has 0 fully saturated rings. The number of fused-ring (bicyclic) bond motifs is 3. The second-order valence-electron chi connectivity index (χ2n) is 13.1. The van der Waals surface area contributed by atoms with Crippen LogP contribution >= 0.6 is 0 Å². The van der Waals surface area contributed by atoms with Crippen LogP contribution in [0, 0.1) is 13.8 Å². The van der Waals surface area contributed by atoms with E-state index in [9.17, 15) is 0 Å². The van der Waals surface area contributed by atoms with Crippen LogP contribution in [-0.4, -0.2) is 14.5 Å². The summed E-state index contributed by atoms with van der Waals surface area (Å²) in [6, 6.07) is 62.3. The molecule has 0 aliphatic rings. The summed E-state index contributed by atoms with van der Waals surface area (Å²) in [4.78, 5) is 10.3. The monoisotopic (exact) mass is 653 g/mol. The van der Waals surface area contributed by atoms with E-state index in [1.54, 1.807) is 0 Å². The van der Waals surface area contributed by atoms with Crippen molar-refractivity contribution in [2.75, 3.05) is 0 Å². The van der Waals surface area contributed by atoms with Gasteiger partial charge in [-0.3, -0.25) is 0 Å². The quantitative estimate of drug-likeness (QED) is 0.179. The topological polar surface area (TPSA) is 30.7 Å². The van der Waals surface area contributed by atoms with Crippen LogP contribution in [0.5, 0.6) is 0 Å². The molecule has 0 radical (unpaired) electrons. The number of nitrogens with zero attached hydrogens (tertiary/aromatic N) is 3. The molecule has 0 aliphatic heterocycles. The molecule has 0 N–H and O–H groups in total. The fraction of sp³-hybridized carbons (Fsp3) is 0.0417. The first-order valence-corrected chi connectivity index (χ1v) is 17.4. The summed E-state index contributed by atoms with van der Waals surface area (Å²) in [7, 11) is 0. The van der Waals surface area contributed by atoms with Crippen LogP contribution < -0.4 is 0 Å². The number of benzene rings is 7. The maximum Gasteiger partial charge on any atom is 0.160 e. The van der Waals surface area contributed by atoms with Gasteiger partial charge < -0.3 is 4.57 Å². The van der Waals surface area contributed by atoms with Gasteiger partial charge in [0.2, 0.25) is 0 Å². The molecule has 0 unspecified atom stereocenters. The van der Waals surface area contributed by atoms with Gasteiger partial charge in [0.1, 0.15) is 0 Å². The highest BCUT2D eigenvalue weighted by Gasteiger charge is 2.18. The van der Waals surface area contributed by atoms with Gasteiger partial charge in [-0.15, -0.1) is 0 Å². The second kappa shape index (κ2) is 12.7. The zero-order valence-corrected chi connectivity index (χ0v) is 28.6. The second-order valence-corrected chi connectivity index (χ2v) is 13.1. The van der Waals surface area contributed by atoms with Crippen LogP contribution in [0.2, 0.25) is 0 Å². The van der Waals surface area contributed by atoms with Crippen molar-refractivity contribution >= 4 is 21.8 Å². The van der Waals surface area contributed by atoms with E-state index in [0.717, 1.165) is 50.2 Å². The Balaban J connectivity index is 1.29. The highest BCUT2D eigenvalue weighted by Crippen LogP contribution is 2.41. The summed E-state index contributed by atoms with van der Waals surface area (Å²) in [6.07, 6.45) is 0. The van der Waals surface area contributed by atoms with Crippen LogP contribution in [0.3, 0.4) is 0 Å². The van der Waals surface area contributed by atoms with E-state index in [1.165, 1.54) is 38.8 Å². The largest absolute Gasteiger partial charge is 0.309 e. The number of aromatic nitrogens is 3. The average Bonchev–Trinajstić information content (AvgIpc) is 3.52. The molecule has 0 aliphatic carbocycles. The minimum absolute atomic E-state index is 0.703. The zero-order valence-electron chi connectivity index (χ0n) is 28.6. The summed E-state index contributed by atoms with van der Waals surface area (Å²) in [6.45, 7) is 4.41. The Bertz CT molecular complexity index is 2630. The van der Waals surface area contributed by atoms with Crippen molar-refractivity contribution in [2.45, 2.75) is 13.8 Å². The summed E-state index contributed by atoms with van der Waals surface area (Å²) in [5, 5.41) is 2.35. The average molecular weight is 654 g/mol. The lowest BCUT2D eigenvalue weighted by atomic mass is 9.88. The van der Waals surface area contributed by atoms with Crippen molar-refractivity contribution in [3.05, 3.63) is 187 Å². The Morgan fingerprint density at radius 2 is 0.902 bits per heavy atom. The van der Waals surface area contributed by atoms with Crippen molar-refractivity contribution in [3.8, 4) is 61.8 Å². The molecule has 2 heterocycles. The summed E-state index contributed by atoms with van der Waals surface area (Å²) >= 11 is 0. The van der Waals surface area contributed by atoms with Crippen molar-refractivity contribution < 1.29 is 0 Å². The lowest BCUT2D eigenvalue weighted by Crippen LogP contribution is -1.96. The van der Waals surface area contributed by atoms with E-state index in [-0.39, 0.29) is 0 Å². The standard InChI is InChI=1S/C48H35N3/c1-32-15-12-13-23-39(32)47-33(2)16-14-24-40(47)36-25-27-45-41(29-36)42-30-37(26-28-46(42)51(45)38-21-10-5-11-22-38)48-49-43(34-17-6-3-7-18-34)31-44(50-48)35-19-8-4-9-20-35/h3-31H,1-2H3. The molecule has 9 rings (SSSR count). The maximum absolute atomic E-state index is 5.16. The van der Waals surface area contributed by atoms with Gasteiger partial charge in [-0.1, -0.05) is 127 Å². The molecule has 0 saturated heterocycles. The Kier molecular flexibility index (Phi) is 7.59. The third kappa shape index (κ3) is 5.50. The molecule has 242 valence electrons. The Labute approximate surface area is 298 Å². The van der Waals surface area contributed by atoms with Gasteiger partial charge in [-0.25, -0.2) is 9.97 Å². The number of rotatable bonds is 6. The lowest BCUT2D eigenvalue weighted by Gasteiger charge is -2.16. The molecular weight excluding hydrogens is 619 g/mol. The highest BCUT2D eigenvalue weighted by atomic mass is 15.0. The molecule has 3 heteroatoms. The van der Waals surface area contributed by atoms with Crippen LogP contribution in [-0.2, 0) is 0 Å². The van der Waals surface area contributed by atoms with E-state index >= 15 is 0 Å². The van der Waals surface area contributed by atoms with Crippen molar-refractivity contribution in [1.29, 1.82) is 0 Å². The van der Waals surface area contributed by atoms with E-state index in [1.807, 2.05) is 12.1 Å². The molecule has 0 bridgehead atoms. The molecule has 3 nitrogen and oxygen atoms in total. The molecule has 0 atom stereocenters. The Morgan fingerprint density at radius 1 is 0.392 bits per heavy atom. The Morgan fingerprint density at radius 3 is 1.53 bits per heavy atom. The molecule has 0 spiro atoms. The molecule has 7 aromatic carbocycles. The van der Waals surface area contributed by atoms with Gasteiger partial charge in [0, 0.05) is 33.2 Å². The molecule has 9 aromatic rings. The van der Waals surface area contributed by atoms with E-state index in [4.69, 9.17) is 9.97 Å². The van der Waals surface area contributed by atoms with E-state index < -0.39 is 0 Å². The number of hydrogen-bond donors (Lipinski definition) is 0. The SMILES string of the molecule is Cc1ccccc1-c1c(C)cccc1-c1ccc2c(c1)c1cc(-c3nc(-c4ccccc4)cc(-c4ccccc4)n3)ccc1n2-c1ccccc1. The molecule has 0 amide bonds. The predicted octanol–water partition coefficient (Wildman–Crippen LogP) is 12.5. The highest BCUT2D eigenvalue weighted by molar-refractivity contribution is 6.12. The molecular formula is C48H35N3. The van der Waals surface area contributed by atoms with Crippen molar-refractivity contribution in [2.24, 2.45) is 0 Å². The van der Waals surface area contributed by atoms with Gasteiger partial charge in [-0.05, 0) is 95.8 Å². The minimum Gasteiger partial charge on any atom is -0.309 e. The van der Waals surface area contributed by atoms with Crippen LogP contribution in [0.1, 0.15) is 11.1 Å². The summed E-state index contributed by atoms with van der Waals surface area (Å²) < 4.78 is 2.37. The molecule has 2 aromatic heterocycles. The first-order chi connectivity index (χ1) is 25.1. The summed E-state index contributed by atoms with van der Waals surface area (Å²) in [5.74, 6) is 0.703. The first kappa shape index (κ1) is 30.5. The fourth-order valence-corrected chi connectivity index (χ4v) is 7.39.